The van der Waals surface area contributed by atoms with Crippen molar-refractivity contribution in [3.63, 3.8) is 0 Å². The van der Waals surface area contributed by atoms with E-state index in [-0.39, 0.29) is 17.2 Å². The number of benzene rings is 1. The number of hydrogen-bond acceptors (Lipinski definition) is 4. The molecule has 0 amide bonds. The van der Waals surface area contributed by atoms with Gasteiger partial charge in [0.15, 0.2) is 11.6 Å². The van der Waals surface area contributed by atoms with E-state index in [0.717, 1.165) is 56.9 Å². The van der Waals surface area contributed by atoms with Gasteiger partial charge in [0.05, 0.1) is 12.7 Å². The Bertz CT molecular complexity index is 735. The summed E-state index contributed by atoms with van der Waals surface area (Å²) in [6, 6.07) is 5.20. The van der Waals surface area contributed by atoms with Crippen LogP contribution in [-0.4, -0.2) is 42.1 Å². The lowest BCUT2D eigenvalue weighted by atomic mass is 9.84. The second-order valence-corrected chi connectivity index (χ2v) is 6.80. The van der Waals surface area contributed by atoms with Crippen LogP contribution < -0.4 is 4.74 Å². The van der Waals surface area contributed by atoms with Crippen LogP contribution in [0.4, 0.5) is 4.39 Å². The van der Waals surface area contributed by atoms with Crippen molar-refractivity contribution >= 4 is 0 Å². The van der Waals surface area contributed by atoms with Gasteiger partial charge in [0.1, 0.15) is 5.82 Å². The molecule has 2 saturated heterocycles. The highest BCUT2D eigenvalue weighted by Gasteiger charge is 2.40. The Morgan fingerprint density at radius 3 is 2.92 bits per heavy atom. The van der Waals surface area contributed by atoms with Crippen LogP contribution >= 0.6 is 0 Å². The number of halogens is 1. The van der Waals surface area contributed by atoms with Gasteiger partial charge in [-0.3, -0.25) is 0 Å². The predicted molar refractivity (Wildman–Crippen MR) is 91.2 cm³/mol. The van der Waals surface area contributed by atoms with Crippen LogP contribution in [0.5, 0.6) is 5.75 Å². The number of hydrogen-bond donors (Lipinski definition) is 0. The van der Waals surface area contributed by atoms with Crippen molar-refractivity contribution in [2.45, 2.75) is 37.3 Å². The zero-order valence-electron chi connectivity index (χ0n) is 14.4. The maximum Gasteiger partial charge on any atom is 0.165 e. The number of imidazole rings is 1. The minimum absolute atomic E-state index is 0.0802. The molecule has 25 heavy (non-hydrogen) atoms. The van der Waals surface area contributed by atoms with Gasteiger partial charge >= 0.3 is 0 Å². The van der Waals surface area contributed by atoms with Gasteiger partial charge in [0, 0.05) is 43.8 Å². The highest BCUT2D eigenvalue weighted by atomic mass is 19.1. The molecule has 2 fully saturated rings. The summed E-state index contributed by atoms with van der Waals surface area (Å²) in [6.45, 7) is 2.27. The molecule has 1 atom stereocenters. The minimum atomic E-state index is -0.364. The number of ether oxygens (including phenoxy) is 3. The lowest BCUT2D eigenvalue weighted by molar-refractivity contribution is -0.144. The molecule has 1 spiro atoms. The monoisotopic (exact) mass is 346 g/mol. The van der Waals surface area contributed by atoms with E-state index in [1.54, 1.807) is 18.3 Å². The average molecular weight is 346 g/mol. The van der Waals surface area contributed by atoms with Gasteiger partial charge < -0.3 is 18.8 Å². The first kappa shape index (κ1) is 16.5. The van der Waals surface area contributed by atoms with Gasteiger partial charge in [-0.25, -0.2) is 9.37 Å². The molecule has 0 radical (unpaired) electrons. The molecule has 0 N–H and O–H groups in total. The largest absolute Gasteiger partial charge is 0.494 e. The molecule has 0 saturated carbocycles. The summed E-state index contributed by atoms with van der Waals surface area (Å²) in [4.78, 5) is 4.52. The first-order valence-corrected chi connectivity index (χ1v) is 8.79. The van der Waals surface area contributed by atoms with Crippen LogP contribution in [0, 0.1) is 5.82 Å². The Morgan fingerprint density at radius 1 is 1.28 bits per heavy atom. The first-order chi connectivity index (χ1) is 12.2. The maximum absolute atomic E-state index is 13.7. The van der Waals surface area contributed by atoms with E-state index in [2.05, 4.69) is 9.55 Å². The van der Waals surface area contributed by atoms with E-state index >= 15 is 0 Å². The zero-order valence-corrected chi connectivity index (χ0v) is 14.4. The van der Waals surface area contributed by atoms with Gasteiger partial charge in [0.2, 0.25) is 0 Å². The Labute approximate surface area is 146 Å². The zero-order chi connectivity index (χ0) is 17.3. The fraction of sp³-hybridized carbons (Fsp3) is 0.526. The third kappa shape index (κ3) is 3.16. The Hall–Kier alpha value is -1.92. The van der Waals surface area contributed by atoms with Gasteiger partial charge in [0.25, 0.3) is 0 Å². The highest BCUT2D eigenvalue weighted by molar-refractivity contribution is 5.58. The van der Waals surface area contributed by atoms with Crippen molar-refractivity contribution in [2.24, 2.45) is 0 Å². The number of aromatic nitrogens is 2. The highest BCUT2D eigenvalue weighted by Crippen LogP contribution is 2.40. The van der Waals surface area contributed by atoms with Crippen molar-refractivity contribution in [3.8, 4) is 17.1 Å². The molecule has 5 nitrogen and oxygen atoms in total. The third-order valence-electron chi connectivity index (χ3n) is 5.34. The van der Waals surface area contributed by atoms with Crippen molar-refractivity contribution in [3.05, 3.63) is 36.4 Å². The molecule has 134 valence electrons. The van der Waals surface area contributed by atoms with E-state index < -0.39 is 0 Å². The topological polar surface area (TPSA) is 45.5 Å². The van der Waals surface area contributed by atoms with Crippen molar-refractivity contribution in [1.29, 1.82) is 0 Å². The molecule has 2 aliphatic heterocycles. The summed E-state index contributed by atoms with van der Waals surface area (Å²) in [6.07, 6.45) is 7.60. The third-order valence-corrected chi connectivity index (χ3v) is 5.34. The number of methoxy groups -OCH3 is 1. The van der Waals surface area contributed by atoms with Crippen LogP contribution in [0.3, 0.4) is 0 Å². The summed E-state index contributed by atoms with van der Waals surface area (Å²) in [5, 5.41) is 0. The Morgan fingerprint density at radius 2 is 2.12 bits per heavy atom. The van der Waals surface area contributed by atoms with Crippen LogP contribution in [-0.2, 0) is 9.47 Å². The second-order valence-electron chi connectivity index (χ2n) is 6.80. The maximum atomic E-state index is 13.7. The van der Waals surface area contributed by atoms with E-state index in [4.69, 9.17) is 14.2 Å². The van der Waals surface area contributed by atoms with Crippen LogP contribution in [0.2, 0.25) is 0 Å². The lowest BCUT2D eigenvalue weighted by Crippen LogP contribution is -2.44. The van der Waals surface area contributed by atoms with Crippen molar-refractivity contribution < 1.29 is 18.6 Å². The Balaban J connectivity index is 1.63. The molecular formula is C19H23FN2O3. The summed E-state index contributed by atoms with van der Waals surface area (Å²) >= 11 is 0. The molecular weight excluding hydrogens is 323 g/mol. The summed E-state index contributed by atoms with van der Waals surface area (Å²) in [7, 11) is 1.47. The standard InChI is InChI=1S/C19H23FN2O3/c1-23-17-12-14(2-3-16(17)20)18-21-7-8-22(18)15-4-9-25-19(13-15)5-10-24-11-6-19/h2-3,7-8,12,15H,4-6,9-11,13H2,1H3. The van der Waals surface area contributed by atoms with E-state index in [1.807, 2.05) is 6.20 Å². The summed E-state index contributed by atoms with van der Waals surface area (Å²) in [5.74, 6) is 0.712. The fourth-order valence-corrected chi connectivity index (χ4v) is 3.96. The molecule has 4 rings (SSSR count). The van der Waals surface area contributed by atoms with Gasteiger partial charge in [-0.15, -0.1) is 0 Å². The predicted octanol–water partition coefficient (Wildman–Crippen LogP) is 3.60. The average Bonchev–Trinajstić information content (AvgIpc) is 3.13. The van der Waals surface area contributed by atoms with Gasteiger partial charge in [-0.2, -0.15) is 0 Å². The van der Waals surface area contributed by atoms with E-state index in [9.17, 15) is 4.39 Å². The molecule has 1 aromatic heterocycles. The van der Waals surface area contributed by atoms with E-state index in [1.165, 1.54) is 13.2 Å². The minimum Gasteiger partial charge on any atom is -0.494 e. The molecule has 2 aromatic rings. The van der Waals surface area contributed by atoms with Crippen LogP contribution in [0.15, 0.2) is 30.6 Å². The molecule has 1 unspecified atom stereocenters. The second kappa shape index (κ2) is 6.77. The quantitative estimate of drug-likeness (QED) is 0.852. The van der Waals surface area contributed by atoms with Gasteiger partial charge in [-0.1, -0.05) is 0 Å². The van der Waals surface area contributed by atoms with E-state index in [0.29, 0.717) is 6.04 Å². The van der Waals surface area contributed by atoms with Crippen LogP contribution in [0.1, 0.15) is 31.7 Å². The summed E-state index contributed by atoms with van der Waals surface area (Å²) in [5.41, 5.74) is 0.777. The van der Waals surface area contributed by atoms with Crippen molar-refractivity contribution in [2.75, 3.05) is 26.9 Å². The Kier molecular flexibility index (Phi) is 4.48. The van der Waals surface area contributed by atoms with Gasteiger partial charge in [-0.05, 0) is 43.9 Å². The molecule has 6 heteroatoms. The molecule has 0 bridgehead atoms. The van der Waals surface area contributed by atoms with Crippen LogP contribution in [0.25, 0.3) is 11.4 Å². The number of rotatable bonds is 3. The smallest absolute Gasteiger partial charge is 0.165 e. The first-order valence-electron chi connectivity index (χ1n) is 8.79. The normalized spacial score (nSPS) is 22.9. The molecule has 1 aromatic carbocycles. The summed E-state index contributed by atoms with van der Waals surface area (Å²) < 4.78 is 32.7. The fourth-order valence-electron chi connectivity index (χ4n) is 3.96. The SMILES string of the molecule is COc1cc(-c2nccn2C2CCOC3(CCOCC3)C2)ccc1F. The molecule has 0 aliphatic carbocycles. The van der Waals surface area contributed by atoms with Crippen molar-refractivity contribution in [1.82, 2.24) is 9.55 Å². The molecule has 2 aliphatic rings. The number of nitrogens with zero attached hydrogens (tertiary/aromatic N) is 2. The molecule has 3 heterocycles. The lowest BCUT2D eigenvalue weighted by Gasteiger charge is -2.43.